The number of nitro groups is 2. The van der Waals surface area contributed by atoms with Crippen LogP contribution >= 0.6 is 130 Å². The van der Waals surface area contributed by atoms with Gasteiger partial charge in [-0.25, -0.2) is 14.0 Å². The third-order valence-corrected chi connectivity index (χ3v) is 15.2. The van der Waals surface area contributed by atoms with Gasteiger partial charge in [0.05, 0.1) is 106 Å². The summed E-state index contributed by atoms with van der Waals surface area (Å²) in [5.41, 5.74) is 22.9. The zero-order valence-corrected chi connectivity index (χ0v) is 72.1. The molecule has 0 aliphatic rings. The van der Waals surface area contributed by atoms with Crippen LogP contribution in [0.3, 0.4) is 0 Å². The lowest BCUT2D eigenvalue weighted by atomic mass is 10.1. The van der Waals surface area contributed by atoms with Crippen LogP contribution in [0.4, 0.5) is 55.6 Å². The van der Waals surface area contributed by atoms with E-state index in [0.29, 0.717) is 66.6 Å². The summed E-state index contributed by atoms with van der Waals surface area (Å²) >= 11 is 47.5. The number of nitrogen functional groups attached to an aromatic ring is 3. The zero-order chi connectivity index (χ0) is 81.7. The van der Waals surface area contributed by atoms with Gasteiger partial charge in [0.15, 0.2) is 0 Å². The van der Waals surface area contributed by atoms with Crippen molar-refractivity contribution in [3.63, 3.8) is 0 Å². The van der Waals surface area contributed by atoms with Crippen molar-refractivity contribution in [1.29, 1.82) is 0 Å². The van der Waals surface area contributed by atoms with Crippen molar-refractivity contribution in [3.05, 3.63) is 215 Å². The number of nitro benzene ring substituents is 2. The van der Waals surface area contributed by atoms with E-state index < -0.39 is 27.6 Å². The number of nitrogens with two attached hydrogens (primary N) is 3. The average molecular weight is 1870 g/mol. The number of carboxylic acids is 2. The lowest BCUT2D eigenvalue weighted by molar-refractivity contribution is -0.384. The van der Waals surface area contributed by atoms with Gasteiger partial charge in [0, 0.05) is 126 Å². The number of aliphatic hydroxyl groups excluding tert-OH is 1. The summed E-state index contributed by atoms with van der Waals surface area (Å²) in [6, 6.07) is 33.4. The third kappa shape index (κ3) is 39.7. The second-order valence-corrected chi connectivity index (χ2v) is 27.8. The Labute approximate surface area is 688 Å². The summed E-state index contributed by atoms with van der Waals surface area (Å²) in [6.07, 6.45) is 0.145. The lowest BCUT2D eigenvalue weighted by Crippen LogP contribution is -2.13. The zero-order valence-electron chi connectivity index (χ0n) is 61.2. The van der Waals surface area contributed by atoms with Gasteiger partial charge in [0.25, 0.3) is 11.4 Å². The molecule has 0 aromatic heterocycles. The number of carboxylic acid groups (broad SMARTS) is 2. The van der Waals surface area contributed by atoms with Gasteiger partial charge in [0.1, 0.15) is 44.6 Å². The molecule has 0 amide bonds. The molecule has 0 radical (unpaired) electrons. The predicted molar refractivity (Wildman–Crippen MR) is 455 cm³/mol. The van der Waals surface area contributed by atoms with Crippen LogP contribution in [0.2, 0.25) is 30.1 Å². The molecule has 33 heteroatoms. The molecule has 0 saturated heterocycles. The fourth-order valence-corrected chi connectivity index (χ4v) is 11.1. The summed E-state index contributed by atoms with van der Waals surface area (Å²) in [4.78, 5) is 45.2. The van der Waals surface area contributed by atoms with Gasteiger partial charge in [-0.1, -0.05) is 89.2 Å². The van der Waals surface area contributed by atoms with E-state index in [9.17, 15) is 39.3 Å². The van der Waals surface area contributed by atoms with Crippen LogP contribution in [0.25, 0.3) is 0 Å². The summed E-state index contributed by atoms with van der Waals surface area (Å²) < 4.78 is 41.3. The topological polar surface area (TPSA) is 324 Å². The molecule has 0 atom stereocenters. The van der Waals surface area contributed by atoms with E-state index in [1.165, 1.54) is 24.3 Å². The van der Waals surface area contributed by atoms with E-state index in [4.69, 9.17) is 121 Å². The number of nitrogens with zero attached hydrogens (tertiary/aromatic N) is 4. The molecular weight excluding hydrogens is 1780 g/mol. The highest BCUT2D eigenvalue weighted by Crippen LogP contribution is 2.41. The number of carbonyl (C=O) groups is 2. The minimum Gasteiger partial charge on any atom is -0.494 e. The predicted octanol–water partition coefficient (Wildman–Crippen LogP) is 24.1. The normalized spacial score (nSPS) is 9.96. The number of aryl methyl sites for hydroxylation is 2. The number of hydrogen-bond acceptors (Lipinski definition) is 18. The number of aromatic carboxylic acids is 2. The Hall–Kier alpha value is -7.15. The number of hydrogen-bond donors (Lipinski definition) is 7. The number of aliphatic hydroxyl groups is 1. The third-order valence-electron chi connectivity index (χ3n) is 12.1. The van der Waals surface area contributed by atoms with Crippen LogP contribution in [0, 0.1) is 39.9 Å². The molecule has 107 heavy (non-hydrogen) atoms. The standard InChI is InChI=1S/C19H23ClN2O3.C10H13BrClNO.C9H11BrClNO.C9H10ClNO3.C9H12ClNO.C8H9NO2.C6H3ClFNO2.C3H8O.CH4.Br2/c1-11(2)25-13-9-15(20)18(22(4)5)17(10-13)21-16-8-12(3)6-7-14(16)19(23)24;1-4-14-7-5-8(11)10(13(2)3)9(12)6-7;1-5(2)13-6-3-7(10)9(12)8(11)4-6;1-6(2)14-7-3-4-9(11(12)13)8(10)5-7;1-6(2)12-7-3-4-9(11)8(10)5-7;1-5-2-3-6(8(10)11)7(9)4-5;7-5-3-4(8)1-2-6(5)9(10)11;1-3(2)4;;1-2/h6-11,21H,1-5H3,(H,23,24);5-6H,4H2,1-3H3;3-5H,12H2,1-2H3;3-6H,1-2H3;3-6H,11H2,1-2H3;2-4H,9H2,1H3,(H,10,11);1-3H;3-4H,1-2H3;1H4;. The first-order valence-electron chi connectivity index (χ1n) is 31.6. The quantitative estimate of drug-likeness (QED) is 0.0238. The first-order chi connectivity index (χ1) is 49.3. The number of halogens is 11. The van der Waals surface area contributed by atoms with E-state index in [0.717, 1.165) is 66.9 Å². The molecule has 590 valence electrons. The molecule has 0 bridgehead atoms. The van der Waals surface area contributed by atoms with Crippen LogP contribution in [0.5, 0.6) is 28.7 Å². The molecule has 0 aliphatic heterocycles. The van der Waals surface area contributed by atoms with Crippen LogP contribution in [-0.4, -0.2) is 102 Å². The van der Waals surface area contributed by atoms with Gasteiger partial charge in [-0.05, 0) is 200 Å². The molecule has 0 saturated carbocycles. The van der Waals surface area contributed by atoms with Crippen LogP contribution < -0.4 is 56.0 Å². The van der Waals surface area contributed by atoms with Gasteiger partial charge < -0.3 is 71.3 Å². The smallest absolute Gasteiger partial charge is 0.337 e. The Morgan fingerprint density at radius 3 is 1.29 bits per heavy atom. The van der Waals surface area contributed by atoms with Gasteiger partial charge in [-0.15, -0.1) is 0 Å². The van der Waals surface area contributed by atoms with Crippen molar-refractivity contribution >= 4 is 193 Å². The van der Waals surface area contributed by atoms with E-state index in [1.807, 2.05) is 132 Å². The molecule has 8 aromatic carbocycles. The Morgan fingerprint density at radius 2 is 0.888 bits per heavy atom. The van der Waals surface area contributed by atoms with E-state index in [2.05, 4.69) is 65.4 Å². The number of nitrogens with one attached hydrogen (secondary N) is 1. The van der Waals surface area contributed by atoms with Crippen molar-refractivity contribution in [2.24, 2.45) is 0 Å². The fourth-order valence-electron chi connectivity index (χ4n) is 8.02. The SMILES string of the molecule is BrBr.C.CC(C)O.CC(C)Oc1cc(Cl)c(N)c(Br)c1.CC(C)Oc1ccc(N)c(Cl)c1.CC(C)Oc1ccc([N+](=O)[O-])c(Cl)c1.CCOc1cc(Cl)c(N(C)C)c(Br)c1.Cc1ccc(C(=O)O)c(N)c1.Cc1ccc(C(=O)O)c(Nc2cc(OC(C)C)cc(Cl)c2N(C)C)c1.O=[N+]([O-])c1ccc(F)cc1Cl. The minimum absolute atomic E-state index is 0. The molecule has 8 rings (SSSR count). The van der Waals surface area contributed by atoms with E-state index >= 15 is 0 Å². The largest absolute Gasteiger partial charge is 0.494 e. The lowest BCUT2D eigenvalue weighted by Gasteiger charge is -2.22. The van der Waals surface area contributed by atoms with Crippen molar-refractivity contribution < 1.29 is 62.8 Å². The van der Waals surface area contributed by atoms with Crippen LogP contribution in [0.15, 0.2) is 136 Å². The summed E-state index contributed by atoms with van der Waals surface area (Å²) in [6.45, 7) is 25.3. The highest BCUT2D eigenvalue weighted by molar-refractivity contribution is 9.93. The Balaban J connectivity index is 0. The first kappa shape index (κ1) is 102. The number of benzene rings is 8. The maximum Gasteiger partial charge on any atom is 0.337 e. The molecule has 10 N–H and O–H groups in total. The molecule has 0 unspecified atom stereocenters. The highest BCUT2D eigenvalue weighted by Gasteiger charge is 2.19. The maximum absolute atomic E-state index is 12.3. The second kappa shape index (κ2) is 52.0. The van der Waals surface area contributed by atoms with Crippen molar-refractivity contribution in [1.82, 2.24) is 0 Å². The van der Waals surface area contributed by atoms with Gasteiger partial charge >= 0.3 is 11.9 Å². The number of anilines is 7. The summed E-state index contributed by atoms with van der Waals surface area (Å²) in [7, 11) is 7.66. The van der Waals surface area contributed by atoms with Gasteiger partial charge in [-0.3, -0.25) is 20.2 Å². The molecule has 0 fully saturated rings. The van der Waals surface area contributed by atoms with Crippen LogP contribution in [-0.2, 0) is 0 Å². The van der Waals surface area contributed by atoms with Crippen LogP contribution in [0.1, 0.15) is 115 Å². The number of ether oxygens (including phenoxy) is 5. The monoisotopic (exact) mass is 1860 g/mol. The van der Waals surface area contributed by atoms with E-state index in [-0.39, 0.29) is 70.5 Å². The highest BCUT2D eigenvalue weighted by atomic mass is 80.9. The number of rotatable bonds is 18. The average Bonchev–Trinajstić information content (AvgIpc) is 0.805. The fraction of sp³-hybridized carbons (Fsp3) is 0.324. The van der Waals surface area contributed by atoms with Gasteiger partial charge in [0.2, 0.25) is 0 Å². The second-order valence-electron chi connectivity index (χ2n) is 23.6. The summed E-state index contributed by atoms with van der Waals surface area (Å²) in [5.74, 6) is 0.867. The molecule has 0 aliphatic carbocycles. The van der Waals surface area contributed by atoms with Gasteiger partial charge in [-0.2, -0.15) is 0 Å². The molecular formula is C74H93Br4Cl6FN8O14. The Bertz CT molecular complexity index is 4020. The van der Waals surface area contributed by atoms with Crippen molar-refractivity contribution in [2.45, 2.75) is 128 Å². The Morgan fingerprint density at radius 1 is 0.505 bits per heavy atom. The minimum atomic E-state index is -0.991. The Kier molecular flexibility index (Phi) is 49.6. The summed E-state index contributed by atoms with van der Waals surface area (Å²) in [5, 5.41) is 52.0. The van der Waals surface area contributed by atoms with E-state index in [1.54, 1.807) is 80.6 Å². The van der Waals surface area contributed by atoms with Crippen molar-refractivity contribution in [2.75, 3.05) is 67.1 Å². The molecule has 0 spiro atoms. The molecule has 0 heterocycles. The first-order valence-corrected chi connectivity index (χ1v) is 39.2. The molecule has 8 aromatic rings. The maximum atomic E-state index is 12.3. The molecule has 22 nitrogen and oxygen atoms in total. The van der Waals surface area contributed by atoms with Crippen molar-refractivity contribution in [3.8, 4) is 28.7 Å².